The molecule has 3 atom stereocenters. The minimum atomic E-state index is 0.644. The molecule has 0 aromatic heterocycles. The molecule has 1 aliphatic carbocycles. The van der Waals surface area contributed by atoms with Crippen LogP contribution in [0.3, 0.4) is 0 Å². The van der Waals surface area contributed by atoms with E-state index in [-0.39, 0.29) is 0 Å². The van der Waals surface area contributed by atoms with Crippen LogP contribution in [0.15, 0.2) is 4.99 Å². The van der Waals surface area contributed by atoms with Crippen molar-refractivity contribution in [3.8, 4) is 0 Å². The van der Waals surface area contributed by atoms with Gasteiger partial charge in [-0.15, -0.1) is 0 Å². The lowest BCUT2D eigenvalue weighted by atomic mass is 10.1. The van der Waals surface area contributed by atoms with E-state index in [2.05, 4.69) is 34.4 Å². The Balaban J connectivity index is 1.62. The Bertz CT molecular complexity index is 284. The van der Waals surface area contributed by atoms with E-state index in [1.165, 1.54) is 38.9 Å². The summed E-state index contributed by atoms with van der Waals surface area (Å²) in [6.07, 6.45) is 4.04. The summed E-state index contributed by atoms with van der Waals surface area (Å²) in [4.78, 5) is 6.86. The van der Waals surface area contributed by atoms with Gasteiger partial charge in [0.15, 0.2) is 5.96 Å². The molecular formula is C14H28N4. The standard InChI is InChI=1S/C14H28N4/c1-11(10-18-6-4-5-7-18)9-16-14(15-3)17-13-8-12(13)2/h11-13H,4-10H2,1-3H3,(H2,15,16,17). The normalized spacial score (nSPS) is 30.3. The highest BCUT2D eigenvalue weighted by Crippen LogP contribution is 2.28. The first-order chi connectivity index (χ1) is 8.69. The summed E-state index contributed by atoms with van der Waals surface area (Å²) >= 11 is 0. The first kappa shape index (κ1) is 13.7. The zero-order valence-corrected chi connectivity index (χ0v) is 12.1. The van der Waals surface area contributed by atoms with E-state index in [1.54, 1.807) is 0 Å². The number of hydrogen-bond acceptors (Lipinski definition) is 2. The molecule has 1 saturated carbocycles. The van der Waals surface area contributed by atoms with Crippen molar-refractivity contribution in [1.29, 1.82) is 0 Å². The van der Waals surface area contributed by atoms with Gasteiger partial charge in [-0.25, -0.2) is 0 Å². The molecule has 104 valence electrons. The van der Waals surface area contributed by atoms with Gasteiger partial charge in [-0.3, -0.25) is 4.99 Å². The molecule has 2 rings (SSSR count). The predicted octanol–water partition coefficient (Wildman–Crippen LogP) is 1.29. The van der Waals surface area contributed by atoms with Crippen LogP contribution in [0.1, 0.15) is 33.1 Å². The van der Waals surface area contributed by atoms with Crippen molar-refractivity contribution in [2.24, 2.45) is 16.8 Å². The summed E-state index contributed by atoms with van der Waals surface area (Å²) in [5.74, 6) is 2.46. The van der Waals surface area contributed by atoms with Gasteiger partial charge in [0.2, 0.25) is 0 Å². The highest BCUT2D eigenvalue weighted by atomic mass is 15.2. The highest BCUT2D eigenvalue weighted by Gasteiger charge is 2.33. The van der Waals surface area contributed by atoms with E-state index in [0.29, 0.717) is 12.0 Å². The fourth-order valence-electron chi connectivity index (χ4n) is 2.63. The lowest BCUT2D eigenvalue weighted by Gasteiger charge is -2.21. The third-order valence-corrected chi connectivity index (χ3v) is 4.04. The van der Waals surface area contributed by atoms with E-state index in [0.717, 1.165) is 18.4 Å². The first-order valence-corrected chi connectivity index (χ1v) is 7.38. The summed E-state index contributed by atoms with van der Waals surface area (Å²) in [6, 6.07) is 0.644. The van der Waals surface area contributed by atoms with Crippen LogP contribution in [-0.2, 0) is 0 Å². The third kappa shape index (κ3) is 4.16. The molecule has 0 radical (unpaired) electrons. The van der Waals surface area contributed by atoms with Crippen LogP contribution in [-0.4, -0.2) is 50.1 Å². The Labute approximate surface area is 111 Å². The fraction of sp³-hybridized carbons (Fsp3) is 0.929. The molecule has 0 amide bonds. The molecule has 1 heterocycles. The van der Waals surface area contributed by atoms with E-state index >= 15 is 0 Å². The second-order valence-electron chi connectivity index (χ2n) is 6.03. The van der Waals surface area contributed by atoms with Gasteiger partial charge in [0, 0.05) is 26.2 Å². The van der Waals surface area contributed by atoms with Gasteiger partial charge in [-0.2, -0.15) is 0 Å². The second-order valence-corrected chi connectivity index (χ2v) is 6.03. The van der Waals surface area contributed by atoms with Crippen LogP contribution in [0, 0.1) is 11.8 Å². The maximum Gasteiger partial charge on any atom is 0.191 e. The van der Waals surface area contributed by atoms with Crippen molar-refractivity contribution in [3.63, 3.8) is 0 Å². The minimum absolute atomic E-state index is 0.644. The van der Waals surface area contributed by atoms with Crippen LogP contribution in [0.25, 0.3) is 0 Å². The molecule has 3 unspecified atom stereocenters. The zero-order chi connectivity index (χ0) is 13.0. The Morgan fingerprint density at radius 1 is 1.39 bits per heavy atom. The van der Waals surface area contributed by atoms with Crippen LogP contribution in [0.2, 0.25) is 0 Å². The van der Waals surface area contributed by atoms with Gasteiger partial charge >= 0.3 is 0 Å². The van der Waals surface area contributed by atoms with Crippen LogP contribution < -0.4 is 10.6 Å². The van der Waals surface area contributed by atoms with Crippen LogP contribution in [0.5, 0.6) is 0 Å². The van der Waals surface area contributed by atoms with Gasteiger partial charge in [0.1, 0.15) is 0 Å². The van der Waals surface area contributed by atoms with E-state index in [9.17, 15) is 0 Å². The predicted molar refractivity (Wildman–Crippen MR) is 76.9 cm³/mol. The van der Waals surface area contributed by atoms with Gasteiger partial charge < -0.3 is 15.5 Å². The third-order valence-electron chi connectivity index (χ3n) is 4.04. The molecule has 4 nitrogen and oxygen atoms in total. The summed E-state index contributed by atoms with van der Waals surface area (Å²) in [5, 5.41) is 6.91. The number of guanidine groups is 1. The fourth-order valence-corrected chi connectivity index (χ4v) is 2.63. The summed E-state index contributed by atoms with van der Waals surface area (Å²) in [6.45, 7) is 9.40. The molecule has 1 aliphatic heterocycles. The molecule has 0 aromatic carbocycles. The van der Waals surface area contributed by atoms with Gasteiger partial charge in [-0.05, 0) is 44.2 Å². The van der Waals surface area contributed by atoms with Crippen molar-refractivity contribution < 1.29 is 0 Å². The van der Waals surface area contributed by atoms with Crippen molar-refractivity contribution >= 4 is 5.96 Å². The Morgan fingerprint density at radius 2 is 2.06 bits per heavy atom. The minimum Gasteiger partial charge on any atom is -0.356 e. The van der Waals surface area contributed by atoms with Crippen LogP contribution >= 0.6 is 0 Å². The van der Waals surface area contributed by atoms with Crippen molar-refractivity contribution in [2.75, 3.05) is 33.2 Å². The van der Waals surface area contributed by atoms with Crippen molar-refractivity contribution in [2.45, 2.75) is 39.2 Å². The number of aliphatic imine (C=N–C) groups is 1. The first-order valence-electron chi connectivity index (χ1n) is 7.38. The average Bonchev–Trinajstić information content (AvgIpc) is 2.82. The Kier molecular flexibility index (Phi) is 4.87. The SMILES string of the molecule is CN=C(NCC(C)CN1CCCC1)NC1CC1C. The monoisotopic (exact) mass is 252 g/mol. The molecular weight excluding hydrogens is 224 g/mol. The number of likely N-dealkylation sites (tertiary alicyclic amines) is 1. The van der Waals surface area contributed by atoms with E-state index in [4.69, 9.17) is 0 Å². The molecule has 2 N–H and O–H groups in total. The van der Waals surface area contributed by atoms with Gasteiger partial charge in [0.05, 0.1) is 0 Å². The molecule has 2 fully saturated rings. The smallest absolute Gasteiger partial charge is 0.191 e. The topological polar surface area (TPSA) is 39.7 Å². The molecule has 1 saturated heterocycles. The Hall–Kier alpha value is -0.770. The summed E-state index contributed by atoms with van der Waals surface area (Å²) in [5.41, 5.74) is 0. The quantitative estimate of drug-likeness (QED) is 0.572. The van der Waals surface area contributed by atoms with Gasteiger partial charge in [0.25, 0.3) is 0 Å². The van der Waals surface area contributed by atoms with E-state index < -0.39 is 0 Å². The number of nitrogens with one attached hydrogen (secondary N) is 2. The Morgan fingerprint density at radius 3 is 2.61 bits per heavy atom. The second kappa shape index (κ2) is 6.41. The molecule has 2 aliphatic rings. The summed E-state index contributed by atoms with van der Waals surface area (Å²) < 4.78 is 0. The summed E-state index contributed by atoms with van der Waals surface area (Å²) in [7, 11) is 1.85. The van der Waals surface area contributed by atoms with Gasteiger partial charge in [-0.1, -0.05) is 13.8 Å². The van der Waals surface area contributed by atoms with Crippen molar-refractivity contribution in [1.82, 2.24) is 15.5 Å². The lowest BCUT2D eigenvalue weighted by Crippen LogP contribution is -2.42. The van der Waals surface area contributed by atoms with Crippen LogP contribution in [0.4, 0.5) is 0 Å². The maximum atomic E-state index is 4.29. The molecule has 0 aromatic rings. The largest absolute Gasteiger partial charge is 0.356 e. The molecule has 18 heavy (non-hydrogen) atoms. The molecule has 4 heteroatoms. The van der Waals surface area contributed by atoms with Crippen molar-refractivity contribution in [3.05, 3.63) is 0 Å². The highest BCUT2D eigenvalue weighted by molar-refractivity contribution is 5.80. The zero-order valence-electron chi connectivity index (χ0n) is 12.1. The number of hydrogen-bond donors (Lipinski definition) is 2. The molecule has 0 bridgehead atoms. The lowest BCUT2D eigenvalue weighted by molar-refractivity contribution is 0.287. The number of nitrogens with zero attached hydrogens (tertiary/aromatic N) is 2. The maximum absolute atomic E-state index is 4.29. The number of rotatable bonds is 5. The average molecular weight is 252 g/mol. The van der Waals surface area contributed by atoms with E-state index in [1.807, 2.05) is 7.05 Å². The molecule has 0 spiro atoms.